The SMILES string of the molecule is N=C1NC(=O)C(CC(=O)Nc2ccc(Cl)c([N+](=O)[O-])c2)S1. The zero-order chi connectivity index (χ0) is 15.6. The number of rotatable bonds is 4. The number of nitro groups is 1. The van der Waals surface area contributed by atoms with E-state index in [4.69, 9.17) is 17.0 Å². The topological polar surface area (TPSA) is 125 Å². The Bertz CT molecular complexity index is 651. The Morgan fingerprint density at radius 1 is 1.57 bits per heavy atom. The summed E-state index contributed by atoms with van der Waals surface area (Å²) in [6, 6.07) is 3.88. The maximum absolute atomic E-state index is 11.8. The lowest BCUT2D eigenvalue weighted by Crippen LogP contribution is -2.27. The summed E-state index contributed by atoms with van der Waals surface area (Å²) in [6.07, 6.45) is -0.130. The van der Waals surface area contributed by atoms with Gasteiger partial charge in [-0.25, -0.2) is 0 Å². The molecule has 0 aromatic heterocycles. The highest BCUT2D eigenvalue weighted by atomic mass is 35.5. The number of hydrogen-bond donors (Lipinski definition) is 3. The molecule has 1 aromatic rings. The average molecular weight is 329 g/mol. The summed E-state index contributed by atoms with van der Waals surface area (Å²) in [5.74, 6) is -0.879. The van der Waals surface area contributed by atoms with E-state index < -0.39 is 22.0 Å². The quantitative estimate of drug-likeness (QED) is 0.573. The van der Waals surface area contributed by atoms with Crippen LogP contribution in [0, 0.1) is 15.5 Å². The molecule has 110 valence electrons. The van der Waals surface area contributed by atoms with E-state index in [1.54, 1.807) is 0 Å². The van der Waals surface area contributed by atoms with Crippen LogP contribution in [0.15, 0.2) is 18.2 Å². The van der Waals surface area contributed by atoms with Gasteiger partial charge in [-0.3, -0.25) is 25.1 Å². The summed E-state index contributed by atoms with van der Waals surface area (Å²) in [4.78, 5) is 33.3. The lowest BCUT2D eigenvalue weighted by molar-refractivity contribution is -0.384. The van der Waals surface area contributed by atoms with Crippen LogP contribution in [0.5, 0.6) is 0 Å². The smallest absolute Gasteiger partial charge is 0.289 e. The normalized spacial score (nSPS) is 17.5. The van der Waals surface area contributed by atoms with Crippen LogP contribution in [-0.4, -0.2) is 27.2 Å². The number of nitrogens with zero attached hydrogens (tertiary/aromatic N) is 1. The van der Waals surface area contributed by atoms with Gasteiger partial charge in [0.05, 0.1) is 4.92 Å². The van der Waals surface area contributed by atoms with E-state index in [2.05, 4.69) is 10.6 Å². The number of hydrogen-bond acceptors (Lipinski definition) is 6. The van der Waals surface area contributed by atoms with Crippen molar-refractivity contribution in [2.24, 2.45) is 0 Å². The van der Waals surface area contributed by atoms with Crippen molar-refractivity contribution < 1.29 is 14.5 Å². The molecule has 2 rings (SSSR count). The number of carbonyl (C=O) groups is 2. The van der Waals surface area contributed by atoms with Crippen molar-refractivity contribution >= 4 is 51.7 Å². The van der Waals surface area contributed by atoms with Gasteiger partial charge >= 0.3 is 0 Å². The molecule has 1 aromatic carbocycles. The Hall–Kier alpha value is -2.13. The largest absolute Gasteiger partial charge is 0.326 e. The third kappa shape index (κ3) is 3.70. The number of amides is 2. The number of anilines is 1. The zero-order valence-electron chi connectivity index (χ0n) is 10.4. The van der Waals surface area contributed by atoms with Crippen LogP contribution in [0.4, 0.5) is 11.4 Å². The summed E-state index contributed by atoms with van der Waals surface area (Å²) in [5.41, 5.74) is -0.0983. The second kappa shape index (κ2) is 6.10. The third-order valence-corrected chi connectivity index (χ3v) is 3.91. The summed E-state index contributed by atoms with van der Waals surface area (Å²) in [5, 5.41) is 22.1. The van der Waals surface area contributed by atoms with E-state index in [0.717, 1.165) is 17.8 Å². The van der Waals surface area contributed by atoms with Gasteiger partial charge in [-0.15, -0.1) is 0 Å². The van der Waals surface area contributed by atoms with E-state index in [-0.39, 0.29) is 28.0 Å². The number of amidine groups is 1. The standard InChI is InChI=1S/C11H9ClN4O4S/c12-6-2-1-5(3-7(6)16(19)20)14-9(17)4-8-10(18)15-11(13)21-8/h1-3,8H,4H2,(H,14,17)(H2,13,15,18). The lowest BCUT2D eigenvalue weighted by atomic mass is 10.2. The van der Waals surface area contributed by atoms with Gasteiger partial charge in [-0.05, 0) is 12.1 Å². The number of benzene rings is 1. The second-order valence-electron chi connectivity index (χ2n) is 4.10. The molecule has 0 aliphatic carbocycles. The molecule has 0 bridgehead atoms. The van der Waals surface area contributed by atoms with Gasteiger partial charge in [0.2, 0.25) is 11.8 Å². The Morgan fingerprint density at radius 2 is 2.29 bits per heavy atom. The van der Waals surface area contributed by atoms with Crippen LogP contribution in [0.2, 0.25) is 5.02 Å². The number of nitro benzene ring substituents is 1. The molecule has 0 spiro atoms. The molecular formula is C11H9ClN4O4S. The van der Waals surface area contributed by atoms with Crippen LogP contribution >= 0.6 is 23.4 Å². The molecular weight excluding hydrogens is 320 g/mol. The van der Waals surface area contributed by atoms with Crippen molar-refractivity contribution in [2.45, 2.75) is 11.7 Å². The zero-order valence-corrected chi connectivity index (χ0v) is 12.0. The first kappa shape index (κ1) is 15.3. The van der Waals surface area contributed by atoms with E-state index in [0.29, 0.717) is 0 Å². The van der Waals surface area contributed by atoms with Gasteiger partial charge in [-0.1, -0.05) is 23.4 Å². The molecule has 1 fully saturated rings. The van der Waals surface area contributed by atoms with E-state index >= 15 is 0 Å². The van der Waals surface area contributed by atoms with Crippen molar-refractivity contribution in [3.05, 3.63) is 33.3 Å². The fourth-order valence-electron chi connectivity index (χ4n) is 1.66. The van der Waals surface area contributed by atoms with Gasteiger partial charge in [0.25, 0.3) is 5.69 Å². The molecule has 3 N–H and O–H groups in total. The lowest BCUT2D eigenvalue weighted by Gasteiger charge is -2.07. The summed E-state index contributed by atoms with van der Waals surface area (Å²) in [7, 11) is 0. The molecule has 1 heterocycles. The number of halogens is 1. The van der Waals surface area contributed by atoms with E-state index in [1.165, 1.54) is 12.1 Å². The molecule has 1 atom stereocenters. The van der Waals surface area contributed by atoms with E-state index in [9.17, 15) is 19.7 Å². The first-order valence-electron chi connectivity index (χ1n) is 5.66. The highest BCUT2D eigenvalue weighted by Crippen LogP contribution is 2.28. The van der Waals surface area contributed by atoms with Crippen LogP contribution in [0.1, 0.15) is 6.42 Å². The Kier molecular flexibility index (Phi) is 4.43. The molecule has 10 heteroatoms. The van der Waals surface area contributed by atoms with Gasteiger partial charge in [0.1, 0.15) is 10.3 Å². The predicted molar refractivity (Wildman–Crippen MR) is 78.6 cm³/mol. The van der Waals surface area contributed by atoms with Crippen molar-refractivity contribution in [1.82, 2.24) is 5.32 Å². The van der Waals surface area contributed by atoms with Crippen molar-refractivity contribution in [2.75, 3.05) is 5.32 Å². The number of carbonyl (C=O) groups excluding carboxylic acids is 2. The molecule has 0 radical (unpaired) electrons. The number of thioether (sulfide) groups is 1. The molecule has 21 heavy (non-hydrogen) atoms. The fraction of sp³-hybridized carbons (Fsp3) is 0.182. The van der Waals surface area contributed by atoms with Gasteiger partial charge in [-0.2, -0.15) is 0 Å². The molecule has 8 nitrogen and oxygen atoms in total. The van der Waals surface area contributed by atoms with Crippen LogP contribution in [0.25, 0.3) is 0 Å². The summed E-state index contributed by atoms with van der Waals surface area (Å²) >= 11 is 6.62. The van der Waals surface area contributed by atoms with Gasteiger partial charge < -0.3 is 10.6 Å². The molecule has 2 amide bonds. The molecule has 1 saturated heterocycles. The van der Waals surface area contributed by atoms with Gasteiger partial charge in [0.15, 0.2) is 5.17 Å². The first-order valence-corrected chi connectivity index (χ1v) is 6.92. The Morgan fingerprint density at radius 3 is 2.86 bits per heavy atom. The summed E-state index contributed by atoms with van der Waals surface area (Å²) in [6.45, 7) is 0. The third-order valence-electron chi connectivity index (χ3n) is 2.59. The summed E-state index contributed by atoms with van der Waals surface area (Å²) < 4.78 is 0. The molecule has 1 aliphatic rings. The second-order valence-corrected chi connectivity index (χ2v) is 5.72. The minimum absolute atomic E-state index is 0.0000641. The highest BCUT2D eigenvalue weighted by Gasteiger charge is 2.31. The monoisotopic (exact) mass is 328 g/mol. The van der Waals surface area contributed by atoms with Crippen molar-refractivity contribution in [3.63, 3.8) is 0 Å². The van der Waals surface area contributed by atoms with Crippen molar-refractivity contribution in [3.8, 4) is 0 Å². The van der Waals surface area contributed by atoms with Crippen LogP contribution < -0.4 is 10.6 Å². The predicted octanol–water partition coefficient (Wildman–Crippen LogP) is 1.74. The minimum Gasteiger partial charge on any atom is -0.326 e. The average Bonchev–Trinajstić information content (AvgIpc) is 2.69. The van der Waals surface area contributed by atoms with Crippen LogP contribution in [-0.2, 0) is 9.59 Å². The molecule has 0 saturated carbocycles. The van der Waals surface area contributed by atoms with Gasteiger partial charge in [0, 0.05) is 18.2 Å². The highest BCUT2D eigenvalue weighted by molar-refractivity contribution is 8.15. The molecule has 1 aliphatic heterocycles. The Labute approximate surface area is 127 Å². The first-order chi connectivity index (χ1) is 9.86. The maximum Gasteiger partial charge on any atom is 0.289 e. The van der Waals surface area contributed by atoms with Crippen molar-refractivity contribution in [1.29, 1.82) is 5.41 Å². The fourth-order valence-corrected chi connectivity index (χ4v) is 2.69. The number of nitrogens with one attached hydrogen (secondary N) is 3. The minimum atomic E-state index is -0.667. The van der Waals surface area contributed by atoms with E-state index in [1.807, 2.05) is 0 Å². The van der Waals surface area contributed by atoms with Crippen LogP contribution in [0.3, 0.4) is 0 Å². The maximum atomic E-state index is 11.8. The Balaban J connectivity index is 2.03. The molecule has 1 unspecified atom stereocenters.